The number of nitrogens with one attached hydrogen (secondary N) is 1. The number of carbonyl (C=O) groups excluding carboxylic acids is 1. The highest BCUT2D eigenvalue weighted by atomic mass is 19.4. The molecule has 0 aliphatic rings. The molecule has 0 saturated heterocycles. The van der Waals surface area contributed by atoms with Crippen LogP contribution in [0.1, 0.15) is 36.7 Å². The minimum atomic E-state index is -4.57. The van der Waals surface area contributed by atoms with E-state index < -0.39 is 17.8 Å². The number of carbonyl (C=O) groups is 1. The second kappa shape index (κ2) is 6.82. The zero-order valence-electron chi connectivity index (χ0n) is 14.5. The molecule has 0 radical (unpaired) electrons. The highest BCUT2D eigenvalue weighted by molar-refractivity contribution is 5.93. The fourth-order valence-electron chi connectivity index (χ4n) is 2.49. The van der Waals surface area contributed by atoms with Gasteiger partial charge in [0.1, 0.15) is 11.2 Å². The molecular weight excluding hydrogens is 359 g/mol. The molecule has 0 spiro atoms. The van der Waals surface area contributed by atoms with E-state index in [1.54, 1.807) is 26.1 Å². The number of halogens is 3. The molecule has 0 unspecified atom stereocenters. The van der Waals surface area contributed by atoms with Crippen molar-refractivity contribution in [3.8, 4) is 11.3 Å². The summed E-state index contributed by atoms with van der Waals surface area (Å²) in [5, 5.41) is 0. The summed E-state index contributed by atoms with van der Waals surface area (Å²) in [6, 6.07) is 2.52. The second-order valence-electron chi connectivity index (χ2n) is 6.25. The van der Waals surface area contributed by atoms with Gasteiger partial charge in [-0.2, -0.15) is 13.2 Å². The van der Waals surface area contributed by atoms with Crippen LogP contribution in [0.5, 0.6) is 0 Å². The molecule has 3 rings (SSSR count). The Balaban J connectivity index is 2.15. The molecule has 3 heterocycles. The quantitative estimate of drug-likeness (QED) is 0.680. The molecule has 1 amide bonds. The Morgan fingerprint density at radius 3 is 2.63 bits per heavy atom. The lowest BCUT2D eigenvalue weighted by atomic mass is 10.0. The van der Waals surface area contributed by atoms with Crippen LogP contribution < -0.4 is 5.73 Å². The van der Waals surface area contributed by atoms with E-state index in [0.717, 1.165) is 6.07 Å². The standard InChI is InChI=1S/C18H16F3N5O/c1-9(2)12-5-11(6-14(25-12)18(19,20)21)13-8-24-17-16(26-13)10(7-23-17)3-4-15(22)27/h3-9H,1-2H3,(H2,22,27)(H,23,24)/b4-3+. The second-order valence-corrected chi connectivity index (χ2v) is 6.25. The molecule has 0 bridgehead atoms. The van der Waals surface area contributed by atoms with Crippen LogP contribution in [0.4, 0.5) is 13.2 Å². The molecule has 27 heavy (non-hydrogen) atoms. The summed E-state index contributed by atoms with van der Waals surface area (Å²) in [6.07, 6.45) is 1.04. The average Bonchev–Trinajstić information content (AvgIpc) is 3.01. The van der Waals surface area contributed by atoms with Crippen LogP contribution in [-0.4, -0.2) is 25.8 Å². The maximum atomic E-state index is 13.2. The molecule has 0 aromatic carbocycles. The number of nitrogens with two attached hydrogens (primary N) is 1. The van der Waals surface area contributed by atoms with E-state index in [1.165, 1.54) is 18.3 Å². The van der Waals surface area contributed by atoms with Crippen molar-refractivity contribution in [1.29, 1.82) is 0 Å². The number of alkyl halides is 3. The van der Waals surface area contributed by atoms with Crippen LogP contribution in [0, 0.1) is 0 Å². The third-order valence-electron chi connectivity index (χ3n) is 3.86. The summed E-state index contributed by atoms with van der Waals surface area (Å²) in [7, 11) is 0. The van der Waals surface area contributed by atoms with Gasteiger partial charge in [0.15, 0.2) is 5.65 Å². The number of aromatic amines is 1. The van der Waals surface area contributed by atoms with Crippen molar-refractivity contribution >= 4 is 23.1 Å². The zero-order chi connectivity index (χ0) is 19.8. The number of hydrogen-bond donors (Lipinski definition) is 2. The van der Waals surface area contributed by atoms with E-state index >= 15 is 0 Å². The average molecular weight is 375 g/mol. The minimum absolute atomic E-state index is 0.191. The van der Waals surface area contributed by atoms with Crippen LogP contribution in [0.25, 0.3) is 28.5 Å². The lowest BCUT2D eigenvalue weighted by molar-refractivity contribution is -0.141. The molecule has 0 aliphatic carbocycles. The topological polar surface area (TPSA) is 97.6 Å². The molecular formula is C18H16F3N5O. The Hall–Kier alpha value is -3.23. The monoisotopic (exact) mass is 375 g/mol. The molecule has 0 aliphatic heterocycles. The van der Waals surface area contributed by atoms with E-state index in [9.17, 15) is 18.0 Å². The van der Waals surface area contributed by atoms with Crippen molar-refractivity contribution in [2.24, 2.45) is 5.73 Å². The molecule has 140 valence electrons. The van der Waals surface area contributed by atoms with Crippen LogP contribution in [0.2, 0.25) is 0 Å². The lowest BCUT2D eigenvalue weighted by Gasteiger charge is -2.13. The van der Waals surface area contributed by atoms with Crippen molar-refractivity contribution in [2.75, 3.05) is 0 Å². The van der Waals surface area contributed by atoms with Gasteiger partial charge in [-0.3, -0.25) is 4.79 Å². The van der Waals surface area contributed by atoms with Gasteiger partial charge in [0, 0.05) is 29.1 Å². The molecule has 3 aromatic heterocycles. The predicted octanol–water partition coefficient (Wildman–Crippen LogP) is 3.66. The van der Waals surface area contributed by atoms with Gasteiger partial charge in [-0.15, -0.1) is 0 Å². The first-order valence-corrected chi connectivity index (χ1v) is 8.06. The molecule has 0 atom stereocenters. The summed E-state index contributed by atoms with van der Waals surface area (Å²) < 4.78 is 39.6. The van der Waals surface area contributed by atoms with Crippen LogP contribution in [0.15, 0.2) is 30.6 Å². The third kappa shape index (κ3) is 3.97. The van der Waals surface area contributed by atoms with Crippen molar-refractivity contribution in [3.63, 3.8) is 0 Å². The molecule has 0 fully saturated rings. The molecule has 0 saturated carbocycles. The fourth-order valence-corrected chi connectivity index (χ4v) is 2.49. The van der Waals surface area contributed by atoms with Crippen LogP contribution in [0.3, 0.4) is 0 Å². The number of nitrogens with zero attached hydrogens (tertiary/aromatic N) is 3. The Bertz CT molecular complexity index is 1040. The molecule has 3 aromatic rings. The van der Waals surface area contributed by atoms with Gasteiger partial charge in [-0.25, -0.2) is 15.0 Å². The number of rotatable bonds is 4. The first-order chi connectivity index (χ1) is 12.6. The maximum absolute atomic E-state index is 13.2. The number of fused-ring (bicyclic) bond motifs is 1. The summed E-state index contributed by atoms with van der Waals surface area (Å²) >= 11 is 0. The van der Waals surface area contributed by atoms with Gasteiger partial charge in [0.2, 0.25) is 5.91 Å². The number of amides is 1. The van der Waals surface area contributed by atoms with Crippen molar-refractivity contribution in [3.05, 3.63) is 47.6 Å². The van der Waals surface area contributed by atoms with Crippen molar-refractivity contribution in [1.82, 2.24) is 19.9 Å². The molecule has 3 N–H and O–H groups in total. The van der Waals surface area contributed by atoms with E-state index in [-0.39, 0.29) is 17.2 Å². The first kappa shape index (κ1) is 18.6. The Morgan fingerprint density at radius 2 is 2.00 bits per heavy atom. The summed E-state index contributed by atoms with van der Waals surface area (Å²) in [6.45, 7) is 3.53. The zero-order valence-corrected chi connectivity index (χ0v) is 14.5. The number of primary amides is 1. The number of H-pyrrole nitrogens is 1. The highest BCUT2D eigenvalue weighted by Crippen LogP contribution is 2.32. The Morgan fingerprint density at radius 1 is 1.26 bits per heavy atom. The number of hydrogen-bond acceptors (Lipinski definition) is 4. The van der Waals surface area contributed by atoms with E-state index in [2.05, 4.69) is 19.9 Å². The summed E-state index contributed by atoms with van der Waals surface area (Å²) in [5.41, 5.74) is 6.37. The van der Waals surface area contributed by atoms with E-state index in [1.807, 2.05) is 0 Å². The molecule has 6 nitrogen and oxygen atoms in total. The van der Waals surface area contributed by atoms with Gasteiger partial charge in [0.05, 0.1) is 11.9 Å². The van der Waals surface area contributed by atoms with Crippen molar-refractivity contribution in [2.45, 2.75) is 25.9 Å². The number of aromatic nitrogens is 4. The smallest absolute Gasteiger partial charge is 0.366 e. The van der Waals surface area contributed by atoms with Crippen LogP contribution in [-0.2, 0) is 11.0 Å². The SMILES string of the molecule is CC(C)c1cc(-c2cnc3[nH]cc(/C=C/C(N)=O)c3n2)cc(C(F)(F)F)n1. The van der Waals surface area contributed by atoms with Gasteiger partial charge < -0.3 is 10.7 Å². The Kier molecular flexibility index (Phi) is 4.69. The van der Waals surface area contributed by atoms with Crippen LogP contribution >= 0.6 is 0 Å². The van der Waals surface area contributed by atoms with E-state index in [4.69, 9.17) is 5.73 Å². The van der Waals surface area contributed by atoms with Gasteiger partial charge in [-0.05, 0) is 24.1 Å². The summed E-state index contributed by atoms with van der Waals surface area (Å²) in [4.78, 5) is 26.1. The van der Waals surface area contributed by atoms with Gasteiger partial charge in [0.25, 0.3) is 0 Å². The largest absolute Gasteiger partial charge is 0.433 e. The van der Waals surface area contributed by atoms with Gasteiger partial charge in [-0.1, -0.05) is 13.8 Å². The van der Waals surface area contributed by atoms with E-state index in [0.29, 0.717) is 22.4 Å². The first-order valence-electron chi connectivity index (χ1n) is 8.06. The molecule has 9 heteroatoms. The van der Waals surface area contributed by atoms with Crippen molar-refractivity contribution < 1.29 is 18.0 Å². The highest BCUT2D eigenvalue weighted by Gasteiger charge is 2.33. The maximum Gasteiger partial charge on any atom is 0.433 e. The summed E-state index contributed by atoms with van der Waals surface area (Å²) in [5.74, 6) is -0.817. The lowest BCUT2D eigenvalue weighted by Crippen LogP contribution is -2.10. The van der Waals surface area contributed by atoms with Gasteiger partial charge >= 0.3 is 6.18 Å². The Labute approximate surface area is 152 Å². The third-order valence-corrected chi connectivity index (χ3v) is 3.86. The fraction of sp³-hybridized carbons (Fsp3) is 0.222. The number of pyridine rings is 1. The normalized spacial score (nSPS) is 12.4. The predicted molar refractivity (Wildman–Crippen MR) is 94.4 cm³/mol. The minimum Gasteiger partial charge on any atom is -0.366 e.